The minimum Gasteiger partial charge on any atom is -0.497 e. The van der Waals surface area contributed by atoms with E-state index in [9.17, 15) is 4.79 Å². The molecule has 5 heteroatoms. The fourth-order valence-electron chi connectivity index (χ4n) is 2.40. The number of nitrogens with one attached hydrogen (secondary N) is 1. The summed E-state index contributed by atoms with van der Waals surface area (Å²) in [6.45, 7) is 2.73. The molecule has 0 unspecified atom stereocenters. The van der Waals surface area contributed by atoms with E-state index in [1.165, 1.54) is 0 Å². The van der Waals surface area contributed by atoms with Gasteiger partial charge in [0.05, 0.1) is 7.11 Å². The molecule has 0 aliphatic carbocycles. The zero-order valence-electron chi connectivity index (χ0n) is 13.7. The lowest BCUT2D eigenvalue weighted by molar-refractivity contribution is 0.104. The lowest BCUT2D eigenvalue weighted by atomic mass is 10.1. The van der Waals surface area contributed by atoms with Crippen LogP contribution < -0.4 is 19.5 Å². The standard InChI is InChI=1S/C19H19NO4/c1-13(8-17(21)15-4-3-5-16(10-15)22-2)20-11-14-6-7-18-19(9-14)24-12-23-18/h3-10,20H,11-12H2,1-2H3. The summed E-state index contributed by atoms with van der Waals surface area (Å²) in [5.74, 6) is 2.12. The number of ketones is 1. The summed E-state index contributed by atoms with van der Waals surface area (Å²) in [6.07, 6.45) is 1.59. The molecule has 1 N–H and O–H groups in total. The molecule has 0 aromatic heterocycles. The average Bonchev–Trinajstić information content (AvgIpc) is 3.07. The van der Waals surface area contributed by atoms with Gasteiger partial charge in [-0.3, -0.25) is 4.79 Å². The molecular weight excluding hydrogens is 306 g/mol. The second-order valence-electron chi connectivity index (χ2n) is 5.46. The first-order valence-electron chi connectivity index (χ1n) is 7.65. The van der Waals surface area contributed by atoms with Crippen LogP contribution in [0.3, 0.4) is 0 Å². The molecule has 1 aliphatic heterocycles. The number of benzene rings is 2. The van der Waals surface area contributed by atoms with Crippen LogP contribution in [0.2, 0.25) is 0 Å². The number of rotatable bonds is 6. The van der Waals surface area contributed by atoms with Crippen LogP contribution in [0.15, 0.2) is 54.2 Å². The van der Waals surface area contributed by atoms with E-state index in [2.05, 4.69) is 5.32 Å². The highest BCUT2D eigenvalue weighted by Gasteiger charge is 2.13. The van der Waals surface area contributed by atoms with Crippen LogP contribution >= 0.6 is 0 Å². The minimum atomic E-state index is -0.0652. The normalized spacial score (nSPS) is 12.8. The van der Waals surface area contributed by atoms with E-state index in [4.69, 9.17) is 14.2 Å². The smallest absolute Gasteiger partial charge is 0.231 e. The summed E-state index contributed by atoms with van der Waals surface area (Å²) in [5, 5.41) is 3.23. The molecule has 0 fully saturated rings. The Morgan fingerprint density at radius 2 is 2.04 bits per heavy atom. The summed E-state index contributed by atoms with van der Waals surface area (Å²) in [6, 6.07) is 12.9. The van der Waals surface area contributed by atoms with Gasteiger partial charge in [0, 0.05) is 23.9 Å². The maximum absolute atomic E-state index is 12.3. The molecule has 0 bridgehead atoms. The Bertz CT molecular complexity index is 783. The molecule has 5 nitrogen and oxygen atoms in total. The van der Waals surface area contributed by atoms with Gasteiger partial charge in [-0.05, 0) is 36.8 Å². The fourth-order valence-corrected chi connectivity index (χ4v) is 2.40. The van der Waals surface area contributed by atoms with E-state index in [-0.39, 0.29) is 12.6 Å². The van der Waals surface area contributed by atoms with Crippen molar-refractivity contribution in [3.63, 3.8) is 0 Å². The van der Waals surface area contributed by atoms with Gasteiger partial charge in [-0.2, -0.15) is 0 Å². The van der Waals surface area contributed by atoms with Gasteiger partial charge in [0.15, 0.2) is 17.3 Å². The third kappa shape index (κ3) is 3.68. The van der Waals surface area contributed by atoms with Crippen molar-refractivity contribution in [3.8, 4) is 17.2 Å². The van der Waals surface area contributed by atoms with E-state index >= 15 is 0 Å². The summed E-state index contributed by atoms with van der Waals surface area (Å²) in [5.41, 5.74) is 2.44. The molecule has 1 heterocycles. The number of methoxy groups -OCH3 is 1. The van der Waals surface area contributed by atoms with Gasteiger partial charge in [-0.25, -0.2) is 0 Å². The first-order chi connectivity index (χ1) is 11.7. The van der Waals surface area contributed by atoms with Crippen LogP contribution in [-0.4, -0.2) is 19.7 Å². The summed E-state index contributed by atoms with van der Waals surface area (Å²) < 4.78 is 15.8. The third-order valence-electron chi connectivity index (χ3n) is 3.71. The molecule has 0 amide bonds. The van der Waals surface area contributed by atoms with Crippen LogP contribution in [0.4, 0.5) is 0 Å². The quantitative estimate of drug-likeness (QED) is 0.652. The van der Waals surface area contributed by atoms with E-state index < -0.39 is 0 Å². The van der Waals surface area contributed by atoms with Crippen molar-refractivity contribution in [1.82, 2.24) is 5.32 Å². The number of carbonyl (C=O) groups is 1. The van der Waals surface area contributed by atoms with Crippen LogP contribution in [0.5, 0.6) is 17.2 Å². The summed E-state index contributed by atoms with van der Waals surface area (Å²) >= 11 is 0. The largest absolute Gasteiger partial charge is 0.497 e. The molecular formula is C19H19NO4. The highest BCUT2D eigenvalue weighted by molar-refractivity contribution is 6.05. The molecule has 1 aliphatic rings. The number of ether oxygens (including phenoxy) is 3. The maximum Gasteiger partial charge on any atom is 0.231 e. The van der Waals surface area contributed by atoms with Crippen molar-refractivity contribution in [2.24, 2.45) is 0 Å². The molecule has 0 saturated carbocycles. The van der Waals surface area contributed by atoms with Crippen LogP contribution in [-0.2, 0) is 6.54 Å². The predicted octanol–water partition coefficient (Wildman–Crippen LogP) is 3.30. The zero-order valence-corrected chi connectivity index (χ0v) is 13.7. The van der Waals surface area contributed by atoms with Crippen molar-refractivity contribution in [2.45, 2.75) is 13.5 Å². The molecule has 2 aromatic rings. The van der Waals surface area contributed by atoms with E-state index in [0.717, 1.165) is 22.8 Å². The van der Waals surface area contributed by atoms with Gasteiger partial charge in [-0.15, -0.1) is 0 Å². The molecule has 0 radical (unpaired) electrons. The summed E-state index contributed by atoms with van der Waals surface area (Å²) in [7, 11) is 1.58. The van der Waals surface area contributed by atoms with Crippen molar-refractivity contribution < 1.29 is 19.0 Å². The zero-order chi connectivity index (χ0) is 16.9. The molecule has 124 valence electrons. The molecule has 0 atom stereocenters. The molecule has 24 heavy (non-hydrogen) atoms. The lowest BCUT2D eigenvalue weighted by Gasteiger charge is -2.08. The minimum absolute atomic E-state index is 0.0652. The fraction of sp³-hybridized carbons (Fsp3) is 0.211. The number of carbonyl (C=O) groups excluding carboxylic acids is 1. The average molecular weight is 325 g/mol. The Labute approximate surface area is 140 Å². The Morgan fingerprint density at radius 3 is 2.88 bits per heavy atom. The van der Waals surface area contributed by atoms with E-state index in [1.54, 1.807) is 31.4 Å². The van der Waals surface area contributed by atoms with Crippen LogP contribution in [0.25, 0.3) is 0 Å². The Kier molecular flexibility index (Phi) is 4.70. The Morgan fingerprint density at radius 1 is 1.21 bits per heavy atom. The second-order valence-corrected chi connectivity index (χ2v) is 5.46. The number of hydrogen-bond acceptors (Lipinski definition) is 5. The topological polar surface area (TPSA) is 56.8 Å². The molecule has 2 aromatic carbocycles. The van der Waals surface area contributed by atoms with Crippen LogP contribution in [0, 0.1) is 0 Å². The second kappa shape index (κ2) is 7.08. The molecule has 0 saturated heterocycles. The van der Waals surface area contributed by atoms with Gasteiger partial charge in [0.25, 0.3) is 0 Å². The molecule has 3 rings (SSSR count). The van der Waals surface area contributed by atoms with Gasteiger partial charge in [0.2, 0.25) is 6.79 Å². The lowest BCUT2D eigenvalue weighted by Crippen LogP contribution is -2.12. The van der Waals surface area contributed by atoms with Gasteiger partial charge in [0.1, 0.15) is 5.75 Å². The van der Waals surface area contributed by atoms with E-state index in [1.807, 2.05) is 31.2 Å². The maximum atomic E-state index is 12.3. The number of fused-ring (bicyclic) bond motifs is 1. The highest BCUT2D eigenvalue weighted by atomic mass is 16.7. The molecule has 0 spiro atoms. The van der Waals surface area contributed by atoms with E-state index in [0.29, 0.717) is 17.9 Å². The third-order valence-corrected chi connectivity index (χ3v) is 3.71. The van der Waals surface area contributed by atoms with Gasteiger partial charge < -0.3 is 19.5 Å². The number of hydrogen-bond donors (Lipinski definition) is 1. The monoisotopic (exact) mass is 325 g/mol. The van der Waals surface area contributed by atoms with Crippen molar-refractivity contribution in [1.29, 1.82) is 0 Å². The van der Waals surface area contributed by atoms with Gasteiger partial charge >= 0.3 is 0 Å². The SMILES string of the molecule is COc1cccc(C(=O)C=C(C)NCc2ccc3c(c2)OCO3)c1. The summed E-state index contributed by atoms with van der Waals surface area (Å²) in [4.78, 5) is 12.3. The van der Waals surface area contributed by atoms with Crippen LogP contribution in [0.1, 0.15) is 22.8 Å². The Balaban J connectivity index is 1.62. The van der Waals surface area contributed by atoms with Gasteiger partial charge in [-0.1, -0.05) is 18.2 Å². The van der Waals surface area contributed by atoms with Crippen molar-refractivity contribution >= 4 is 5.78 Å². The Hall–Kier alpha value is -2.95. The highest BCUT2D eigenvalue weighted by Crippen LogP contribution is 2.32. The first kappa shape index (κ1) is 15.9. The number of allylic oxidation sites excluding steroid dienone is 2. The first-order valence-corrected chi connectivity index (χ1v) is 7.65. The predicted molar refractivity (Wildman–Crippen MR) is 90.5 cm³/mol. The van der Waals surface area contributed by atoms with Crippen molar-refractivity contribution in [3.05, 3.63) is 65.4 Å². The van der Waals surface area contributed by atoms with Crippen molar-refractivity contribution in [2.75, 3.05) is 13.9 Å².